The van der Waals surface area contributed by atoms with Gasteiger partial charge < -0.3 is 10.6 Å². The monoisotopic (exact) mass is 325 g/mol. The predicted octanol–water partition coefficient (Wildman–Crippen LogP) is 0.748. The number of hydrogen-bond acceptors (Lipinski definition) is 4. The first kappa shape index (κ1) is 16.9. The van der Waals surface area contributed by atoms with E-state index in [4.69, 9.17) is 5.73 Å². The number of hydrogen-bond donors (Lipinski definition) is 1. The van der Waals surface area contributed by atoms with Crippen molar-refractivity contribution < 1.29 is 13.2 Å². The number of amides is 1. The second kappa shape index (κ2) is 6.76. The Morgan fingerprint density at radius 3 is 2.50 bits per heavy atom. The molecule has 7 heteroatoms. The molecule has 1 heterocycles. The molecule has 1 aliphatic rings. The fraction of sp³-hybridized carbons (Fsp3) is 0.533. The Morgan fingerprint density at radius 1 is 1.32 bits per heavy atom. The molecule has 22 heavy (non-hydrogen) atoms. The third kappa shape index (κ3) is 3.48. The van der Waals surface area contributed by atoms with Crippen molar-refractivity contribution in [2.45, 2.75) is 17.7 Å². The van der Waals surface area contributed by atoms with Gasteiger partial charge in [0.25, 0.3) is 5.91 Å². The Bertz CT molecular complexity index is 635. The van der Waals surface area contributed by atoms with Crippen LogP contribution in [0.25, 0.3) is 0 Å². The summed E-state index contributed by atoms with van der Waals surface area (Å²) in [6.07, 6.45) is 1.57. The van der Waals surface area contributed by atoms with E-state index in [0.29, 0.717) is 31.1 Å². The molecule has 0 saturated carbocycles. The Labute approximate surface area is 131 Å². The van der Waals surface area contributed by atoms with Crippen molar-refractivity contribution in [1.82, 2.24) is 9.21 Å². The van der Waals surface area contributed by atoms with Crippen molar-refractivity contribution in [1.29, 1.82) is 0 Å². The molecule has 1 amide bonds. The van der Waals surface area contributed by atoms with Gasteiger partial charge in [-0.05, 0) is 43.5 Å². The van der Waals surface area contributed by atoms with Gasteiger partial charge >= 0.3 is 0 Å². The van der Waals surface area contributed by atoms with Gasteiger partial charge in [-0.1, -0.05) is 6.07 Å². The summed E-state index contributed by atoms with van der Waals surface area (Å²) < 4.78 is 26.9. The molecule has 2 rings (SSSR count). The first-order valence-electron chi connectivity index (χ1n) is 7.38. The first-order valence-corrected chi connectivity index (χ1v) is 8.82. The highest BCUT2D eigenvalue weighted by Gasteiger charge is 2.29. The summed E-state index contributed by atoms with van der Waals surface area (Å²) in [5, 5.41) is 0. The van der Waals surface area contributed by atoms with Crippen LogP contribution >= 0.6 is 0 Å². The van der Waals surface area contributed by atoms with E-state index in [0.717, 1.165) is 12.8 Å². The molecule has 0 atom stereocenters. The fourth-order valence-electron chi connectivity index (χ4n) is 2.58. The molecular weight excluding hydrogens is 302 g/mol. The highest BCUT2D eigenvalue weighted by molar-refractivity contribution is 7.89. The van der Waals surface area contributed by atoms with Gasteiger partial charge in [0.1, 0.15) is 0 Å². The van der Waals surface area contributed by atoms with E-state index < -0.39 is 10.0 Å². The van der Waals surface area contributed by atoms with Gasteiger partial charge in [-0.25, -0.2) is 8.42 Å². The molecule has 1 aromatic rings. The molecule has 1 saturated heterocycles. The molecule has 1 fully saturated rings. The lowest BCUT2D eigenvalue weighted by atomic mass is 9.99. The van der Waals surface area contributed by atoms with Gasteiger partial charge in [-0.3, -0.25) is 4.79 Å². The summed E-state index contributed by atoms with van der Waals surface area (Å²) in [5.41, 5.74) is 6.02. The Balaban J connectivity index is 2.23. The normalized spacial score (nSPS) is 17.4. The van der Waals surface area contributed by atoms with Crippen LogP contribution in [-0.2, 0) is 10.0 Å². The molecular formula is C15H23N3O3S. The largest absolute Gasteiger partial charge is 0.345 e. The van der Waals surface area contributed by atoms with Gasteiger partial charge in [0.15, 0.2) is 0 Å². The average Bonchev–Trinajstić information content (AvgIpc) is 2.54. The van der Waals surface area contributed by atoms with Gasteiger partial charge in [-0.2, -0.15) is 4.31 Å². The van der Waals surface area contributed by atoms with Crippen LogP contribution in [0.1, 0.15) is 23.2 Å². The Hall–Kier alpha value is -1.44. The number of nitrogens with two attached hydrogens (primary N) is 1. The summed E-state index contributed by atoms with van der Waals surface area (Å²) in [4.78, 5) is 13.6. The molecule has 1 aromatic carbocycles. The lowest BCUT2D eigenvalue weighted by Gasteiger charge is -2.30. The maximum absolute atomic E-state index is 12.7. The summed E-state index contributed by atoms with van der Waals surface area (Å²) in [5.74, 6) is 0.187. The second-order valence-corrected chi connectivity index (χ2v) is 7.75. The number of carbonyl (C=O) groups is 1. The highest BCUT2D eigenvalue weighted by atomic mass is 32.2. The van der Waals surface area contributed by atoms with E-state index in [1.807, 2.05) is 0 Å². The third-order valence-electron chi connectivity index (χ3n) is 4.03. The summed E-state index contributed by atoms with van der Waals surface area (Å²) in [6, 6.07) is 6.22. The minimum atomic E-state index is -3.55. The zero-order valence-corrected chi connectivity index (χ0v) is 13.8. The van der Waals surface area contributed by atoms with Crippen molar-refractivity contribution >= 4 is 15.9 Å². The molecule has 6 nitrogen and oxygen atoms in total. The Morgan fingerprint density at radius 2 is 1.95 bits per heavy atom. The average molecular weight is 325 g/mol. The molecule has 0 aromatic heterocycles. The van der Waals surface area contributed by atoms with Crippen LogP contribution in [0.4, 0.5) is 0 Å². The van der Waals surface area contributed by atoms with E-state index in [1.165, 1.54) is 21.3 Å². The lowest BCUT2D eigenvalue weighted by Crippen LogP contribution is -2.40. The zero-order valence-electron chi connectivity index (χ0n) is 13.0. The van der Waals surface area contributed by atoms with Crippen LogP contribution in [-0.4, -0.2) is 57.3 Å². The van der Waals surface area contributed by atoms with Crippen molar-refractivity contribution in [3.8, 4) is 0 Å². The highest BCUT2D eigenvalue weighted by Crippen LogP contribution is 2.24. The van der Waals surface area contributed by atoms with Crippen LogP contribution in [0.15, 0.2) is 29.2 Å². The van der Waals surface area contributed by atoms with Crippen molar-refractivity contribution in [2.24, 2.45) is 11.7 Å². The summed E-state index contributed by atoms with van der Waals surface area (Å²) >= 11 is 0. The van der Waals surface area contributed by atoms with E-state index in [1.54, 1.807) is 26.2 Å². The lowest BCUT2D eigenvalue weighted by molar-refractivity contribution is 0.0827. The van der Waals surface area contributed by atoms with E-state index in [2.05, 4.69) is 0 Å². The summed E-state index contributed by atoms with van der Waals surface area (Å²) in [7, 11) is -0.274. The number of nitrogens with zero attached hydrogens (tertiary/aromatic N) is 2. The SMILES string of the molecule is CN(C)C(=O)c1cccc(S(=O)(=O)N2CCC(CN)CC2)c1. The number of sulfonamides is 1. The fourth-order valence-corrected chi connectivity index (χ4v) is 4.10. The van der Waals surface area contributed by atoms with Crippen molar-refractivity contribution in [3.63, 3.8) is 0 Å². The van der Waals surface area contributed by atoms with E-state index in [-0.39, 0.29) is 10.8 Å². The second-order valence-electron chi connectivity index (χ2n) is 5.81. The Kier molecular flexibility index (Phi) is 5.20. The van der Waals surface area contributed by atoms with Crippen molar-refractivity contribution in [2.75, 3.05) is 33.7 Å². The maximum Gasteiger partial charge on any atom is 0.253 e. The molecule has 0 bridgehead atoms. The number of carbonyl (C=O) groups excluding carboxylic acids is 1. The molecule has 2 N–H and O–H groups in total. The van der Waals surface area contributed by atoms with Crippen LogP contribution in [0.5, 0.6) is 0 Å². The number of benzene rings is 1. The predicted molar refractivity (Wildman–Crippen MR) is 85.0 cm³/mol. The minimum absolute atomic E-state index is 0.173. The smallest absolute Gasteiger partial charge is 0.253 e. The van der Waals surface area contributed by atoms with Crippen LogP contribution < -0.4 is 5.73 Å². The summed E-state index contributed by atoms with van der Waals surface area (Å²) in [6.45, 7) is 1.56. The zero-order chi connectivity index (χ0) is 16.3. The molecule has 0 unspecified atom stereocenters. The van der Waals surface area contributed by atoms with Gasteiger partial charge in [0, 0.05) is 32.7 Å². The molecule has 1 aliphatic heterocycles. The van der Waals surface area contributed by atoms with Gasteiger partial charge in [0.05, 0.1) is 4.90 Å². The van der Waals surface area contributed by atoms with Gasteiger partial charge in [-0.15, -0.1) is 0 Å². The van der Waals surface area contributed by atoms with Crippen molar-refractivity contribution in [3.05, 3.63) is 29.8 Å². The standard InChI is InChI=1S/C15H23N3O3S/c1-17(2)15(19)13-4-3-5-14(10-13)22(20,21)18-8-6-12(11-16)7-9-18/h3-5,10,12H,6-9,11,16H2,1-2H3. The molecule has 0 spiro atoms. The topological polar surface area (TPSA) is 83.7 Å². The van der Waals surface area contributed by atoms with Crippen LogP contribution in [0.2, 0.25) is 0 Å². The van der Waals surface area contributed by atoms with Gasteiger partial charge in [0.2, 0.25) is 10.0 Å². The molecule has 122 valence electrons. The van der Waals surface area contributed by atoms with Crippen LogP contribution in [0.3, 0.4) is 0 Å². The quantitative estimate of drug-likeness (QED) is 0.885. The number of piperidine rings is 1. The maximum atomic E-state index is 12.7. The van der Waals surface area contributed by atoms with E-state index in [9.17, 15) is 13.2 Å². The minimum Gasteiger partial charge on any atom is -0.345 e. The molecule has 0 aliphatic carbocycles. The first-order chi connectivity index (χ1) is 10.4. The molecule has 0 radical (unpaired) electrons. The van der Waals surface area contributed by atoms with E-state index >= 15 is 0 Å². The number of rotatable bonds is 4. The third-order valence-corrected chi connectivity index (χ3v) is 5.93. The van der Waals surface area contributed by atoms with Crippen LogP contribution in [0, 0.1) is 5.92 Å².